The molecule has 0 bridgehead atoms. The number of methoxy groups -OCH3 is 1. The maximum absolute atomic E-state index is 12.7. The van der Waals surface area contributed by atoms with E-state index in [-0.39, 0.29) is 28.8 Å². The third-order valence-electron chi connectivity index (χ3n) is 5.03. The van der Waals surface area contributed by atoms with Gasteiger partial charge in [0.15, 0.2) is 17.1 Å². The molecule has 0 unspecified atom stereocenters. The molecule has 5 rings (SSSR count). The predicted octanol–water partition coefficient (Wildman–Crippen LogP) is 6.58. The molecule has 1 aromatic heterocycles. The Bertz CT molecular complexity index is 1470. The zero-order valence-electron chi connectivity index (χ0n) is 17.1. The highest BCUT2D eigenvalue weighted by atomic mass is 35.5. The molecule has 0 amide bonds. The van der Waals surface area contributed by atoms with Crippen molar-refractivity contribution in [2.45, 2.75) is 0 Å². The van der Waals surface area contributed by atoms with Crippen LogP contribution in [0, 0.1) is 0 Å². The molecule has 0 radical (unpaired) electrons. The number of halogens is 2. The number of hydrogen-bond donors (Lipinski definition) is 0. The Morgan fingerprint density at radius 3 is 2.67 bits per heavy atom. The van der Waals surface area contributed by atoms with Crippen molar-refractivity contribution in [2.75, 3.05) is 7.11 Å². The van der Waals surface area contributed by atoms with Crippen molar-refractivity contribution in [1.82, 2.24) is 0 Å². The number of hydrogen-bond acceptors (Lipinski definition) is 6. The van der Waals surface area contributed by atoms with E-state index in [4.69, 9.17) is 41.8 Å². The molecule has 0 spiro atoms. The Kier molecular flexibility index (Phi) is 5.32. The summed E-state index contributed by atoms with van der Waals surface area (Å²) in [7, 11) is 1.52. The normalized spacial score (nSPS) is 13.8. The molecule has 0 N–H and O–H groups in total. The van der Waals surface area contributed by atoms with Gasteiger partial charge in [0, 0.05) is 21.5 Å². The summed E-state index contributed by atoms with van der Waals surface area (Å²) in [6.07, 6.45) is 1.54. The number of furan rings is 1. The second kappa shape index (κ2) is 8.31. The average molecular weight is 481 g/mol. The van der Waals surface area contributed by atoms with E-state index >= 15 is 0 Å². The molecule has 0 saturated carbocycles. The first-order chi connectivity index (χ1) is 15.9. The van der Waals surface area contributed by atoms with Crippen LogP contribution in [0.15, 0.2) is 70.8 Å². The highest BCUT2D eigenvalue weighted by molar-refractivity contribution is 6.35. The van der Waals surface area contributed by atoms with Gasteiger partial charge in [-0.25, -0.2) is 4.79 Å². The van der Waals surface area contributed by atoms with Crippen molar-refractivity contribution in [2.24, 2.45) is 0 Å². The van der Waals surface area contributed by atoms with Gasteiger partial charge in [-0.3, -0.25) is 4.79 Å². The number of fused-ring (bicyclic) bond motifs is 2. The average Bonchev–Trinajstić information content (AvgIpc) is 3.37. The fourth-order valence-electron chi connectivity index (χ4n) is 3.45. The molecule has 2 heterocycles. The second-order valence-corrected chi connectivity index (χ2v) is 7.99. The molecule has 1 aliphatic heterocycles. The maximum Gasteiger partial charge on any atom is 0.379 e. The molecule has 1 aliphatic rings. The van der Waals surface area contributed by atoms with E-state index in [2.05, 4.69) is 0 Å². The molecule has 8 heteroatoms. The number of ether oxygens (including phenoxy) is 3. The monoisotopic (exact) mass is 480 g/mol. The number of carbonyl (C=O) groups excluding carboxylic acids is 2. The van der Waals surface area contributed by atoms with Gasteiger partial charge in [0.1, 0.15) is 11.5 Å². The van der Waals surface area contributed by atoms with Crippen LogP contribution < -0.4 is 14.2 Å². The number of Topliss-reactive ketones (excluding diaryl/α,β-unsaturated/α-hetero) is 1. The summed E-state index contributed by atoms with van der Waals surface area (Å²) < 4.78 is 22.0. The standard InChI is InChI=1S/C25H14Cl2O6/c1-30-19-4-2-3-14-10-22(33-24(14)19)25(29)31-16-7-8-17-20(12-16)32-21(23(17)28)9-13-5-6-15(26)11-18(13)27/h2-12H,1H3/b21-9-. The van der Waals surface area contributed by atoms with E-state index in [1.54, 1.807) is 42.5 Å². The van der Waals surface area contributed by atoms with Crippen molar-refractivity contribution < 1.29 is 28.2 Å². The summed E-state index contributed by atoms with van der Waals surface area (Å²) in [5.74, 6) is 0.0975. The van der Waals surface area contributed by atoms with Crippen molar-refractivity contribution in [3.8, 4) is 17.2 Å². The van der Waals surface area contributed by atoms with E-state index in [1.165, 1.54) is 31.4 Å². The minimum Gasteiger partial charge on any atom is -0.493 e. The van der Waals surface area contributed by atoms with Crippen molar-refractivity contribution in [3.05, 3.63) is 93.4 Å². The fraction of sp³-hybridized carbons (Fsp3) is 0.0400. The van der Waals surface area contributed by atoms with Crippen LogP contribution >= 0.6 is 23.2 Å². The zero-order valence-corrected chi connectivity index (χ0v) is 18.6. The fourth-order valence-corrected chi connectivity index (χ4v) is 3.91. The molecule has 6 nitrogen and oxygen atoms in total. The Morgan fingerprint density at radius 1 is 1.03 bits per heavy atom. The van der Waals surface area contributed by atoms with Crippen LogP contribution in [-0.2, 0) is 0 Å². The van der Waals surface area contributed by atoms with Gasteiger partial charge in [0.05, 0.1) is 12.7 Å². The Morgan fingerprint density at radius 2 is 1.88 bits per heavy atom. The summed E-state index contributed by atoms with van der Waals surface area (Å²) in [6.45, 7) is 0. The van der Waals surface area contributed by atoms with Crippen molar-refractivity contribution >= 4 is 52.0 Å². The highest BCUT2D eigenvalue weighted by Crippen LogP contribution is 2.36. The van der Waals surface area contributed by atoms with Crippen LogP contribution in [0.25, 0.3) is 17.0 Å². The predicted molar refractivity (Wildman–Crippen MR) is 124 cm³/mol. The number of rotatable bonds is 4. The summed E-state index contributed by atoms with van der Waals surface area (Å²) in [4.78, 5) is 25.3. The van der Waals surface area contributed by atoms with Gasteiger partial charge >= 0.3 is 5.97 Å². The number of ketones is 1. The van der Waals surface area contributed by atoms with Gasteiger partial charge in [0.2, 0.25) is 11.5 Å². The van der Waals surface area contributed by atoms with Gasteiger partial charge in [-0.05, 0) is 48.0 Å². The van der Waals surface area contributed by atoms with Gasteiger partial charge in [-0.2, -0.15) is 0 Å². The molecule has 4 aromatic rings. The lowest BCUT2D eigenvalue weighted by molar-refractivity contribution is 0.0703. The number of esters is 1. The number of allylic oxidation sites excluding steroid dienone is 1. The summed E-state index contributed by atoms with van der Waals surface area (Å²) >= 11 is 12.1. The van der Waals surface area contributed by atoms with Crippen LogP contribution in [-0.4, -0.2) is 18.9 Å². The maximum atomic E-state index is 12.7. The Hall–Kier alpha value is -3.74. The van der Waals surface area contributed by atoms with Crippen LogP contribution in [0.4, 0.5) is 0 Å². The third kappa shape index (κ3) is 3.95. The first-order valence-electron chi connectivity index (χ1n) is 9.75. The smallest absolute Gasteiger partial charge is 0.379 e. The van der Waals surface area contributed by atoms with Crippen LogP contribution in [0.2, 0.25) is 10.0 Å². The van der Waals surface area contributed by atoms with Gasteiger partial charge < -0.3 is 18.6 Å². The molecule has 164 valence electrons. The number of benzene rings is 3. The number of carbonyl (C=O) groups is 2. The lowest BCUT2D eigenvalue weighted by atomic mass is 10.1. The Labute approximate surface area is 197 Å². The molecule has 0 fully saturated rings. The van der Waals surface area contributed by atoms with Crippen LogP contribution in [0.1, 0.15) is 26.5 Å². The molecule has 0 saturated heterocycles. The first-order valence-corrected chi connectivity index (χ1v) is 10.5. The topological polar surface area (TPSA) is 75.0 Å². The van der Waals surface area contributed by atoms with Gasteiger partial charge in [-0.1, -0.05) is 41.4 Å². The molecule has 33 heavy (non-hydrogen) atoms. The largest absolute Gasteiger partial charge is 0.493 e. The molecular formula is C25H14Cl2O6. The lowest BCUT2D eigenvalue weighted by Gasteiger charge is -2.04. The Balaban J connectivity index is 1.38. The van der Waals surface area contributed by atoms with Crippen LogP contribution in [0.3, 0.4) is 0 Å². The van der Waals surface area contributed by atoms with Crippen LogP contribution in [0.5, 0.6) is 17.2 Å². The SMILES string of the molecule is COc1cccc2cc(C(=O)Oc3ccc4c(c3)O/C(=C\c3ccc(Cl)cc3Cl)C4=O)oc12. The second-order valence-electron chi connectivity index (χ2n) is 7.14. The summed E-state index contributed by atoms with van der Waals surface area (Å²) in [5, 5.41) is 1.58. The number of para-hydroxylation sites is 1. The lowest BCUT2D eigenvalue weighted by Crippen LogP contribution is -2.07. The summed E-state index contributed by atoms with van der Waals surface area (Å²) in [5.41, 5.74) is 1.38. The van der Waals surface area contributed by atoms with E-state index in [1.807, 2.05) is 0 Å². The zero-order chi connectivity index (χ0) is 23.1. The van der Waals surface area contributed by atoms with Crippen molar-refractivity contribution in [1.29, 1.82) is 0 Å². The highest BCUT2D eigenvalue weighted by Gasteiger charge is 2.28. The van der Waals surface area contributed by atoms with Crippen molar-refractivity contribution in [3.63, 3.8) is 0 Å². The summed E-state index contributed by atoms with van der Waals surface area (Å²) in [6, 6.07) is 16.3. The van der Waals surface area contributed by atoms with E-state index < -0.39 is 5.97 Å². The molecule has 0 atom stereocenters. The molecule has 3 aromatic carbocycles. The molecular weight excluding hydrogens is 467 g/mol. The quantitative estimate of drug-likeness (QED) is 0.186. The minimum absolute atomic E-state index is 0.0185. The third-order valence-corrected chi connectivity index (χ3v) is 5.59. The first kappa shape index (κ1) is 21.1. The van der Waals surface area contributed by atoms with E-state index in [9.17, 15) is 9.59 Å². The van der Waals surface area contributed by atoms with E-state index in [0.29, 0.717) is 37.9 Å². The molecule has 0 aliphatic carbocycles. The minimum atomic E-state index is -0.693. The van der Waals surface area contributed by atoms with Gasteiger partial charge in [-0.15, -0.1) is 0 Å². The van der Waals surface area contributed by atoms with Gasteiger partial charge in [0.25, 0.3) is 0 Å². The van der Waals surface area contributed by atoms with E-state index in [0.717, 1.165) is 0 Å².